The lowest BCUT2D eigenvalue weighted by Gasteiger charge is -2.14. The number of rotatable bonds is 2. The maximum absolute atomic E-state index is 9.30. The van der Waals surface area contributed by atoms with Crippen LogP contribution in [0.1, 0.15) is 26.1 Å². The van der Waals surface area contributed by atoms with E-state index in [4.69, 9.17) is 0 Å². The number of aromatic nitrogens is 2. The highest BCUT2D eigenvalue weighted by atomic mass is 16.3. The van der Waals surface area contributed by atoms with E-state index in [1.807, 2.05) is 0 Å². The molecule has 1 unspecified atom stereocenters. The van der Waals surface area contributed by atoms with Gasteiger partial charge in [0, 0.05) is 12.4 Å². The Kier molecular flexibility index (Phi) is 1.37. The van der Waals surface area contributed by atoms with Gasteiger partial charge < -0.3 is 10.1 Å². The van der Waals surface area contributed by atoms with Crippen LogP contribution in [-0.4, -0.2) is 21.7 Å². The number of imidazole rings is 1. The molecule has 1 saturated carbocycles. The molecule has 1 aromatic rings. The molecule has 0 saturated heterocycles. The summed E-state index contributed by atoms with van der Waals surface area (Å²) >= 11 is 0. The lowest BCUT2D eigenvalue weighted by molar-refractivity contribution is 0.226. The van der Waals surface area contributed by atoms with Crippen molar-refractivity contribution < 1.29 is 5.11 Å². The second-order valence-electron chi connectivity index (χ2n) is 4.24. The van der Waals surface area contributed by atoms with Gasteiger partial charge in [0.15, 0.2) is 0 Å². The van der Waals surface area contributed by atoms with Crippen LogP contribution in [0, 0.1) is 5.41 Å². The monoisotopic (exact) mass is 166 g/mol. The molecule has 2 N–H and O–H groups in total. The van der Waals surface area contributed by atoms with Gasteiger partial charge in [-0.2, -0.15) is 0 Å². The summed E-state index contributed by atoms with van der Waals surface area (Å²) < 4.78 is 0. The Morgan fingerprint density at radius 2 is 2.33 bits per heavy atom. The number of aliphatic hydroxyl groups excluding tert-OH is 1. The van der Waals surface area contributed by atoms with Crippen LogP contribution in [0.4, 0.5) is 0 Å². The van der Waals surface area contributed by atoms with Crippen molar-refractivity contribution in [3.8, 4) is 0 Å². The fourth-order valence-corrected chi connectivity index (χ4v) is 1.99. The smallest absolute Gasteiger partial charge is 0.115 e. The lowest BCUT2D eigenvalue weighted by atomic mass is 9.96. The van der Waals surface area contributed by atoms with Crippen molar-refractivity contribution in [1.29, 1.82) is 0 Å². The number of nitrogens with zero attached hydrogens (tertiary/aromatic N) is 1. The first kappa shape index (κ1) is 7.80. The van der Waals surface area contributed by atoms with Crippen LogP contribution in [0.2, 0.25) is 0 Å². The van der Waals surface area contributed by atoms with Crippen molar-refractivity contribution in [2.45, 2.75) is 25.7 Å². The molecule has 2 rings (SSSR count). The zero-order valence-electron chi connectivity index (χ0n) is 7.46. The molecule has 66 valence electrons. The number of aromatic amines is 1. The van der Waals surface area contributed by atoms with E-state index >= 15 is 0 Å². The van der Waals surface area contributed by atoms with Crippen molar-refractivity contribution in [1.82, 2.24) is 9.97 Å². The minimum absolute atomic E-state index is 0.101. The summed E-state index contributed by atoms with van der Waals surface area (Å²) in [5, 5.41) is 9.30. The van der Waals surface area contributed by atoms with E-state index in [1.54, 1.807) is 12.4 Å². The SMILES string of the molecule is CC1(C)CC1(CO)c1ncc[nH]1. The van der Waals surface area contributed by atoms with E-state index in [0.29, 0.717) is 0 Å². The van der Waals surface area contributed by atoms with Gasteiger partial charge in [0.05, 0.1) is 12.0 Å². The molecular formula is C9H14N2O. The fraction of sp³-hybridized carbons (Fsp3) is 0.667. The third-order valence-electron chi connectivity index (χ3n) is 3.14. The van der Waals surface area contributed by atoms with E-state index in [9.17, 15) is 5.11 Å². The van der Waals surface area contributed by atoms with Gasteiger partial charge in [-0.25, -0.2) is 4.98 Å². The molecule has 0 amide bonds. The van der Waals surface area contributed by atoms with Crippen molar-refractivity contribution in [2.75, 3.05) is 6.61 Å². The van der Waals surface area contributed by atoms with E-state index in [2.05, 4.69) is 23.8 Å². The zero-order valence-corrected chi connectivity index (χ0v) is 7.46. The van der Waals surface area contributed by atoms with Gasteiger partial charge in [-0.15, -0.1) is 0 Å². The standard InChI is InChI=1S/C9H14N2O/c1-8(2)5-9(8,6-12)7-10-3-4-11-7/h3-4,12H,5-6H2,1-2H3,(H,10,11). The molecular weight excluding hydrogens is 152 g/mol. The first-order valence-corrected chi connectivity index (χ1v) is 4.23. The van der Waals surface area contributed by atoms with Crippen LogP contribution in [0.15, 0.2) is 12.4 Å². The lowest BCUT2D eigenvalue weighted by Crippen LogP contribution is -2.20. The van der Waals surface area contributed by atoms with E-state index < -0.39 is 0 Å². The minimum atomic E-state index is -0.101. The maximum Gasteiger partial charge on any atom is 0.115 e. The number of hydrogen-bond donors (Lipinski definition) is 2. The van der Waals surface area contributed by atoms with Gasteiger partial charge in [-0.3, -0.25) is 0 Å². The molecule has 3 nitrogen and oxygen atoms in total. The quantitative estimate of drug-likeness (QED) is 0.690. The minimum Gasteiger partial charge on any atom is -0.395 e. The summed E-state index contributed by atoms with van der Waals surface area (Å²) in [7, 11) is 0. The van der Waals surface area contributed by atoms with Gasteiger partial charge in [0.25, 0.3) is 0 Å². The summed E-state index contributed by atoms with van der Waals surface area (Å²) in [6, 6.07) is 0. The van der Waals surface area contributed by atoms with Crippen LogP contribution in [-0.2, 0) is 5.41 Å². The Labute approximate surface area is 71.8 Å². The largest absolute Gasteiger partial charge is 0.395 e. The summed E-state index contributed by atoms with van der Waals surface area (Å²) in [6.45, 7) is 4.50. The van der Waals surface area contributed by atoms with Crippen molar-refractivity contribution in [3.05, 3.63) is 18.2 Å². The van der Waals surface area contributed by atoms with Crippen molar-refractivity contribution in [2.24, 2.45) is 5.41 Å². The normalized spacial score (nSPS) is 31.9. The Hall–Kier alpha value is -0.830. The van der Waals surface area contributed by atoms with Crippen molar-refractivity contribution in [3.63, 3.8) is 0 Å². The maximum atomic E-state index is 9.30. The Morgan fingerprint density at radius 1 is 1.67 bits per heavy atom. The van der Waals surface area contributed by atoms with Crippen molar-refractivity contribution >= 4 is 0 Å². The van der Waals surface area contributed by atoms with Gasteiger partial charge in [-0.05, 0) is 11.8 Å². The predicted octanol–water partition coefficient (Wildman–Crippen LogP) is 1.07. The third-order valence-corrected chi connectivity index (χ3v) is 3.14. The molecule has 3 heteroatoms. The molecule has 1 atom stereocenters. The molecule has 1 aromatic heterocycles. The highest BCUT2D eigenvalue weighted by Gasteiger charge is 2.63. The average molecular weight is 166 g/mol. The Morgan fingerprint density at radius 3 is 2.67 bits per heavy atom. The molecule has 12 heavy (non-hydrogen) atoms. The summed E-state index contributed by atoms with van der Waals surface area (Å²) in [4.78, 5) is 7.28. The van der Waals surface area contributed by atoms with Crippen LogP contribution in [0.5, 0.6) is 0 Å². The molecule has 1 fully saturated rings. The highest BCUT2D eigenvalue weighted by molar-refractivity contribution is 5.27. The van der Waals surface area contributed by atoms with Gasteiger partial charge >= 0.3 is 0 Å². The number of nitrogens with one attached hydrogen (secondary N) is 1. The summed E-state index contributed by atoms with van der Waals surface area (Å²) in [6.07, 6.45) is 4.56. The van der Waals surface area contributed by atoms with E-state index in [0.717, 1.165) is 12.2 Å². The second-order valence-corrected chi connectivity index (χ2v) is 4.24. The third kappa shape index (κ3) is 0.771. The molecule has 0 aliphatic heterocycles. The highest BCUT2D eigenvalue weighted by Crippen LogP contribution is 2.62. The van der Waals surface area contributed by atoms with Crippen LogP contribution >= 0.6 is 0 Å². The molecule has 0 radical (unpaired) electrons. The average Bonchev–Trinajstić information content (AvgIpc) is 2.52. The van der Waals surface area contributed by atoms with Gasteiger partial charge in [-0.1, -0.05) is 13.8 Å². The molecule has 0 bridgehead atoms. The van der Waals surface area contributed by atoms with E-state index in [1.165, 1.54) is 0 Å². The van der Waals surface area contributed by atoms with Gasteiger partial charge in [0.2, 0.25) is 0 Å². The summed E-state index contributed by atoms with van der Waals surface area (Å²) in [5.74, 6) is 0.926. The van der Waals surface area contributed by atoms with Crippen LogP contribution in [0.3, 0.4) is 0 Å². The predicted molar refractivity (Wildman–Crippen MR) is 45.7 cm³/mol. The second kappa shape index (κ2) is 2.10. The summed E-state index contributed by atoms with van der Waals surface area (Å²) in [5.41, 5.74) is 0.0934. The number of hydrogen-bond acceptors (Lipinski definition) is 2. The number of H-pyrrole nitrogens is 1. The zero-order chi connectivity index (χ0) is 8.82. The molecule has 1 heterocycles. The molecule has 1 aliphatic carbocycles. The number of aliphatic hydroxyl groups is 1. The molecule has 0 spiro atoms. The molecule has 1 aliphatic rings. The first-order chi connectivity index (χ1) is 5.62. The fourth-order valence-electron chi connectivity index (χ4n) is 1.99. The Bertz CT molecular complexity index is 279. The van der Waals surface area contributed by atoms with Crippen LogP contribution < -0.4 is 0 Å². The first-order valence-electron chi connectivity index (χ1n) is 4.23. The van der Waals surface area contributed by atoms with Crippen LogP contribution in [0.25, 0.3) is 0 Å². The Balaban J connectivity index is 2.34. The molecule has 0 aromatic carbocycles. The van der Waals surface area contributed by atoms with E-state index in [-0.39, 0.29) is 17.4 Å². The topological polar surface area (TPSA) is 48.9 Å². The van der Waals surface area contributed by atoms with Gasteiger partial charge in [0.1, 0.15) is 5.82 Å².